The summed E-state index contributed by atoms with van der Waals surface area (Å²) in [6, 6.07) is 20.9. The lowest BCUT2D eigenvalue weighted by Crippen LogP contribution is -2.13. The van der Waals surface area contributed by atoms with Crippen molar-refractivity contribution in [2.75, 3.05) is 16.4 Å². The fraction of sp³-hybridized carbons (Fsp3) is 0.130. The van der Waals surface area contributed by atoms with Gasteiger partial charge in [-0.3, -0.25) is 4.79 Å². The molecule has 0 saturated heterocycles. The lowest BCUT2D eigenvalue weighted by Gasteiger charge is -2.09. The van der Waals surface area contributed by atoms with E-state index in [2.05, 4.69) is 38.4 Å². The molecule has 0 aliphatic heterocycles. The number of anilines is 3. The van der Waals surface area contributed by atoms with E-state index in [-0.39, 0.29) is 5.91 Å². The summed E-state index contributed by atoms with van der Waals surface area (Å²) in [6.45, 7) is 2.65. The normalized spacial score (nSPS) is 10.8. The van der Waals surface area contributed by atoms with Crippen LogP contribution in [0.1, 0.15) is 21.7 Å². The summed E-state index contributed by atoms with van der Waals surface area (Å²) >= 11 is 0. The summed E-state index contributed by atoms with van der Waals surface area (Å²) in [5, 5.41) is 6.25. The van der Waals surface area contributed by atoms with E-state index >= 15 is 0 Å². The number of fused-ring (bicyclic) bond motifs is 1. The largest absolute Gasteiger partial charge is 0.397 e. The van der Waals surface area contributed by atoms with Gasteiger partial charge in [0.05, 0.1) is 22.4 Å². The van der Waals surface area contributed by atoms with Crippen LogP contribution in [0, 0.1) is 6.92 Å². The SMILES string of the molecule is Cc1nc2cc(NCc3ccc(C(=O)Nc4ccccc4N)cc3)ccc2n1C. The summed E-state index contributed by atoms with van der Waals surface area (Å²) in [5.74, 6) is 0.807. The van der Waals surface area contributed by atoms with Crippen molar-refractivity contribution >= 4 is 34.0 Å². The molecule has 0 saturated carbocycles. The molecule has 0 aliphatic rings. The molecule has 4 N–H and O–H groups in total. The van der Waals surface area contributed by atoms with Crippen LogP contribution >= 0.6 is 0 Å². The number of para-hydroxylation sites is 2. The molecule has 29 heavy (non-hydrogen) atoms. The Morgan fingerprint density at radius 2 is 1.83 bits per heavy atom. The van der Waals surface area contributed by atoms with Crippen LogP contribution in [0.3, 0.4) is 0 Å². The first-order chi connectivity index (χ1) is 14.0. The van der Waals surface area contributed by atoms with E-state index in [0.717, 1.165) is 28.1 Å². The smallest absolute Gasteiger partial charge is 0.255 e. The first kappa shape index (κ1) is 18.6. The predicted molar refractivity (Wildman–Crippen MR) is 118 cm³/mol. The first-order valence-corrected chi connectivity index (χ1v) is 9.43. The number of aromatic nitrogens is 2. The molecule has 1 amide bonds. The van der Waals surface area contributed by atoms with Crippen LogP contribution in [0.2, 0.25) is 0 Å². The Kier molecular flexibility index (Phi) is 4.91. The van der Waals surface area contributed by atoms with E-state index in [1.165, 1.54) is 0 Å². The number of hydrogen-bond acceptors (Lipinski definition) is 4. The fourth-order valence-electron chi connectivity index (χ4n) is 3.21. The van der Waals surface area contributed by atoms with Crippen LogP contribution in [0.15, 0.2) is 66.7 Å². The van der Waals surface area contributed by atoms with Crippen molar-refractivity contribution in [2.24, 2.45) is 7.05 Å². The molecule has 0 radical (unpaired) electrons. The number of nitrogens with zero attached hydrogens (tertiary/aromatic N) is 2. The second kappa shape index (κ2) is 7.67. The maximum Gasteiger partial charge on any atom is 0.255 e. The zero-order chi connectivity index (χ0) is 20.4. The molecule has 0 fully saturated rings. The number of hydrogen-bond donors (Lipinski definition) is 3. The van der Waals surface area contributed by atoms with E-state index in [9.17, 15) is 4.79 Å². The van der Waals surface area contributed by atoms with Gasteiger partial charge in [0.1, 0.15) is 5.82 Å². The van der Waals surface area contributed by atoms with Crippen molar-refractivity contribution in [3.05, 3.63) is 83.7 Å². The van der Waals surface area contributed by atoms with Gasteiger partial charge in [0.25, 0.3) is 5.91 Å². The van der Waals surface area contributed by atoms with E-state index in [4.69, 9.17) is 5.73 Å². The number of carbonyl (C=O) groups is 1. The summed E-state index contributed by atoms with van der Waals surface area (Å²) in [5.41, 5.74) is 11.8. The molecule has 0 bridgehead atoms. The number of rotatable bonds is 5. The molecular weight excluding hydrogens is 362 g/mol. The molecule has 1 heterocycles. The van der Waals surface area contributed by atoms with Crippen molar-refractivity contribution in [1.29, 1.82) is 0 Å². The van der Waals surface area contributed by atoms with Crippen LogP contribution in [-0.4, -0.2) is 15.5 Å². The number of nitrogen functional groups attached to an aromatic ring is 1. The highest BCUT2D eigenvalue weighted by Crippen LogP contribution is 2.21. The summed E-state index contributed by atoms with van der Waals surface area (Å²) in [6.07, 6.45) is 0. The zero-order valence-electron chi connectivity index (χ0n) is 16.4. The zero-order valence-corrected chi connectivity index (χ0v) is 16.4. The van der Waals surface area contributed by atoms with Crippen molar-refractivity contribution in [2.45, 2.75) is 13.5 Å². The highest BCUT2D eigenvalue weighted by atomic mass is 16.1. The van der Waals surface area contributed by atoms with Gasteiger partial charge in [0, 0.05) is 24.8 Å². The Bertz CT molecular complexity index is 1180. The van der Waals surface area contributed by atoms with Crippen molar-refractivity contribution in [3.8, 4) is 0 Å². The molecule has 4 aromatic rings. The number of carbonyl (C=O) groups excluding carboxylic acids is 1. The minimum absolute atomic E-state index is 0.182. The van der Waals surface area contributed by atoms with Crippen LogP contribution in [0.4, 0.5) is 17.1 Å². The highest BCUT2D eigenvalue weighted by molar-refractivity contribution is 6.05. The number of nitrogens with two attached hydrogens (primary N) is 1. The maximum atomic E-state index is 12.4. The third-order valence-electron chi connectivity index (χ3n) is 5.03. The van der Waals surface area contributed by atoms with Gasteiger partial charge < -0.3 is 20.9 Å². The van der Waals surface area contributed by atoms with Crippen molar-refractivity contribution in [3.63, 3.8) is 0 Å². The van der Waals surface area contributed by atoms with Gasteiger partial charge in [-0.05, 0) is 55.0 Å². The average Bonchev–Trinajstić information content (AvgIpc) is 3.01. The topological polar surface area (TPSA) is 85.0 Å². The Balaban J connectivity index is 1.40. The van der Waals surface area contributed by atoms with Gasteiger partial charge in [-0.25, -0.2) is 4.98 Å². The molecule has 0 aliphatic carbocycles. The monoisotopic (exact) mass is 385 g/mol. The van der Waals surface area contributed by atoms with Crippen LogP contribution in [0.5, 0.6) is 0 Å². The number of benzene rings is 3. The van der Waals surface area contributed by atoms with Crippen LogP contribution in [0.25, 0.3) is 11.0 Å². The lowest BCUT2D eigenvalue weighted by atomic mass is 10.1. The van der Waals surface area contributed by atoms with Gasteiger partial charge in [-0.2, -0.15) is 0 Å². The molecule has 4 rings (SSSR count). The van der Waals surface area contributed by atoms with E-state index < -0.39 is 0 Å². The van der Waals surface area contributed by atoms with Crippen molar-refractivity contribution < 1.29 is 4.79 Å². The number of amides is 1. The molecule has 146 valence electrons. The minimum Gasteiger partial charge on any atom is -0.397 e. The Morgan fingerprint density at radius 1 is 1.07 bits per heavy atom. The molecule has 0 atom stereocenters. The summed E-state index contributed by atoms with van der Waals surface area (Å²) in [7, 11) is 2.02. The first-order valence-electron chi connectivity index (χ1n) is 9.43. The molecule has 6 nitrogen and oxygen atoms in total. The van der Waals surface area contributed by atoms with Crippen LogP contribution in [-0.2, 0) is 13.6 Å². The van der Waals surface area contributed by atoms with E-state index in [0.29, 0.717) is 23.5 Å². The Morgan fingerprint density at radius 3 is 2.59 bits per heavy atom. The van der Waals surface area contributed by atoms with Gasteiger partial charge in [-0.15, -0.1) is 0 Å². The number of nitrogens with one attached hydrogen (secondary N) is 2. The van der Waals surface area contributed by atoms with Gasteiger partial charge in [0.2, 0.25) is 0 Å². The van der Waals surface area contributed by atoms with Crippen LogP contribution < -0.4 is 16.4 Å². The van der Waals surface area contributed by atoms with Gasteiger partial charge >= 0.3 is 0 Å². The number of imidazole rings is 1. The third-order valence-corrected chi connectivity index (χ3v) is 5.03. The van der Waals surface area contributed by atoms with E-state index in [1.54, 1.807) is 12.1 Å². The Labute approximate surface area is 169 Å². The van der Waals surface area contributed by atoms with Crippen molar-refractivity contribution in [1.82, 2.24) is 9.55 Å². The maximum absolute atomic E-state index is 12.4. The average molecular weight is 385 g/mol. The molecule has 0 spiro atoms. The number of aryl methyl sites for hydroxylation is 2. The highest BCUT2D eigenvalue weighted by Gasteiger charge is 2.08. The molecule has 6 heteroatoms. The standard InChI is InChI=1S/C23H23N5O/c1-15-26-21-13-18(11-12-22(21)28(15)2)25-14-16-7-9-17(10-8-16)23(29)27-20-6-4-3-5-19(20)24/h3-13,25H,14,24H2,1-2H3,(H,27,29). The van der Waals surface area contributed by atoms with E-state index in [1.807, 2.05) is 50.4 Å². The summed E-state index contributed by atoms with van der Waals surface area (Å²) < 4.78 is 2.08. The molecule has 1 aromatic heterocycles. The lowest BCUT2D eigenvalue weighted by molar-refractivity contribution is 0.102. The molecule has 0 unspecified atom stereocenters. The summed E-state index contributed by atoms with van der Waals surface area (Å²) in [4.78, 5) is 17.0. The minimum atomic E-state index is -0.182. The fourth-order valence-corrected chi connectivity index (χ4v) is 3.21. The quantitative estimate of drug-likeness (QED) is 0.447. The predicted octanol–water partition coefficient (Wildman–Crippen LogP) is 4.33. The Hall–Kier alpha value is -3.80. The molecule has 3 aromatic carbocycles. The second-order valence-electron chi connectivity index (χ2n) is 7.01. The second-order valence-corrected chi connectivity index (χ2v) is 7.01. The van der Waals surface area contributed by atoms with Gasteiger partial charge in [-0.1, -0.05) is 24.3 Å². The third kappa shape index (κ3) is 3.91. The molecular formula is C23H23N5O. The van der Waals surface area contributed by atoms with Gasteiger partial charge in [0.15, 0.2) is 0 Å².